The maximum absolute atomic E-state index is 12.7. The Balaban J connectivity index is 1.62. The molecule has 3 N–H and O–H groups in total. The lowest BCUT2D eigenvalue weighted by Crippen LogP contribution is -2.37. The predicted molar refractivity (Wildman–Crippen MR) is 105 cm³/mol. The van der Waals surface area contributed by atoms with Crippen molar-refractivity contribution in [2.24, 2.45) is 5.73 Å². The van der Waals surface area contributed by atoms with Gasteiger partial charge in [0.15, 0.2) is 0 Å². The second-order valence-electron chi connectivity index (χ2n) is 6.36. The van der Waals surface area contributed by atoms with Crippen LogP contribution >= 0.6 is 11.6 Å². The van der Waals surface area contributed by atoms with Crippen LogP contribution in [0.4, 0.5) is 0 Å². The van der Waals surface area contributed by atoms with Gasteiger partial charge in [-0.15, -0.1) is 0 Å². The highest BCUT2D eigenvalue weighted by Crippen LogP contribution is 2.37. The van der Waals surface area contributed by atoms with Gasteiger partial charge in [-0.1, -0.05) is 29.8 Å². The maximum atomic E-state index is 12.7. The number of aromatic nitrogens is 1. The molecule has 1 aromatic heterocycles. The SMILES string of the molecule is NC(=O)[C@@H](NC(=O)c1ccc2c(c1)OCc1cnccc1-2)c1ccccc1Cl. The second-order valence-corrected chi connectivity index (χ2v) is 6.77. The first-order chi connectivity index (χ1) is 13.5. The fourth-order valence-electron chi connectivity index (χ4n) is 3.19. The second kappa shape index (κ2) is 7.32. The molecule has 0 radical (unpaired) electrons. The molecule has 2 amide bonds. The number of hydrogen-bond acceptors (Lipinski definition) is 4. The number of ether oxygens (including phenoxy) is 1. The molecule has 6 nitrogen and oxygen atoms in total. The van der Waals surface area contributed by atoms with Gasteiger partial charge in [0.2, 0.25) is 5.91 Å². The van der Waals surface area contributed by atoms with Gasteiger partial charge in [0.1, 0.15) is 18.4 Å². The zero-order chi connectivity index (χ0) is 19.7. The molecule has 2 aromatic carbocycles. The average Bonchev–Trinajstić information content (AvgIpc) is 2.71. The molecule has 2 heterocycles. The molecule has 0 saturated carbocycles. The summed E-state index contributed by atoms with van der Waals surface area (Å²) in [5, 5.41) is 3.00. The van der Waals surface area contributed by atoms with Crippen LogP contribution in [-0.2, 0) is 11.4 Å². The Kier molecular flexibility index (Phi) is 4.71. The normalized spacial score (nSPS) is 12.9. The third kappa shape index (κ3) is 3.30. The fraction of sp³-hybridized carbons (Fsp3) is 0.0952. The van der Waals surface area contributed by atoms with Crippen LogP contribution in [0.3, 0.4) is 0 Å². The molecule has 4 rings (SSSR count). The Hall–Kier alpha value is -3.38. The van der Waals surface area contributed by atoms with E-state index >= 15 is 0 Å². The van der Waals surface area contributed by atoms with Gasteiger partial charge in [-0.3, -0.25) is 14.6 Å². The third-order valence-electron chi connectivity index (χ3n) is 4.60. The minimum atomic E-state index is -1.04. The van der Waals surface area contributed by atoms with Gasteiger partial charge in [0, 0.05) is 39.7 Å². The van der Waals surface area contributed by atoms with Crippen LogP contribution in [0.25, 0.3) is 11.1 Å². The molecular formula is C21H16ClN3O3. The number of nitrogens with two attached hydrogens (primary N) is 1. The van der Waals surface area contributed by atoms with E-state index in [1.54, 1.807) is 48.8 Å². The van der Waals surface area contributed by atoms with Crippen molar-refractivity contribution in [1.82, 2.24) is 10.3 Å². The van der Waals surface area contributed by atoms with Crippen LogP contribution < -0.4 is 15.8 Å². The number of nitrogens with one attached hydrogen (secondary N) is 1. The van der Waals surface area contributed by atoms with Gasteiger partial charge < -0.3 is 15.8 Å². The highest BCUT2D eigenvalue weighted by atomic mass is 35.5. The molecule has 0 unspecified atom stereocenters. The maximum Gasteiger partial charge on any atom is 0.252 e. The highest BCUT2D eigenvalue weighted by molar-refractivity contribution is 6.31. The molecule has 7 heteroatoms. The number of nitrogens with zero attached hydrogens (tertiary/aromatic N) is 1. The summed E-state index contributed by atoms with van der Waals surface area (Å²) in [4.78, 5) is 28.8. The van der Waals surface area contributed by atoms with Crippen LogP contribution in [0.5, 0.6) is 5.75 Å². The zero-order valence-corrected chi connectivity index (χ0v) is 15.4. The van der Waals surface area contributed by atoms with Gasteiger partial charge in [-0.25, -0.2) is 0 Å². The van der Waals surface area contributed by atoms with Crippen LogP contribution in [0.2, 0.25) is 5.02 Å². The number of benzene rings is 2. The Bertz CT molecular complexity index is 1080. The summed E-state index contributed by atoms with van der Waals surface area (Å²) in [5.41, 5.74) is 9.18. The number of amides is 2. The van der Waals surface area contributed by atoms with Crippen LogP contribution in [0.15, 0.2) is 60.9 Å². The standard InChI is InChI=1S/C21H16ClN3O3/c22-17-4-2-1-3-16(17)19(20(23)26)25-21(27)12-5-6-15-14-7-8-24-10-13(14)11-28-18(15)9-12/h1-10,19H,11H2,(H2,23,26)(H,25,27)/t19-/m0/s1. The summed E-state index contributed by atoms with van der Waals surface area (Å²) in [7, 11) is 0. The number of carbonyl (C=O) groups excluding carboxylic acids is 2. The van der Waals surface area contributed by atoms with E-state index in [4.69, 9.17) is 22.1 Å². The molecule has 0 fully saturated rings. The van der Waals surface area contributed by atoms with Crippen molar-refractivity contribution in [2.75, 3.05) is 0 Å². The predicted octanol–water partition coefficient (Wildman–Crippen LogP) is 3.25. The smallest absolute Gasteiger partial charge is 0.252 e. The van der Waals surface area contributed by atoms with E-state index in [9.17, 15) is 9.59 Å². The van der Waals surface area contributed by atoms with E-state index in [0.717, 1.165) is 16.7 Å². The third-order valence-corrected chi connectivity index (χ3v) is 4.94. The summed E-state index contributed by atoms with van der Waals surface area (Å²) in [5.74, 6) is -0.549. The summed E-state index contributed by atoms with van der Waals surface area (Å²) < 4.78 is 5.76. The molecule has 3 aromatic rings. The number of halogens is 1. The molecule has 0 spiro atoms. The monoisotopic (exact) mass is 393 g/mol. The van der Waals surface area contributed by atoms with E-state index < -0.39 is 17.9 Å². The lowest BCUT2D eigenvalue weighted by Gasteiger charge is -2.21. The van der Waals surface area contributed by atoms with E-state index in [-0.39, 0.29) is 0 Å². The first kappa shape index (κ1) is 18.0. The van der Waals surface area contributed by atoms with Gasteiger partial charge in [0.05, 0.1) is 0 Å². The minimum absolute atomic E-state index is 0.352. The molecule has 1 atom stereocenters. The number of rotatable bonds is 4. The van der Waals surface area contributed by atoms with Crippen LogP contribution in [0.1, 0.15) is 27.5 Å². The highest BCUT2D eigenvalue weighted by Gasteiger charge is 2.24. The first-order valence-corrected chi connectivity index (χ1v) is 8.97. The molecular weight excluding hydrogens is 378 g/mol. The lowest BCUT2D eigenvalue weighted by molar-refractivity contribution is -0.120. The summed E-state index contributed by atoms with van der Waals surface area (Å²) in [6.07, 6.45) is 3.48. The number of pyridine rings is 1. The molecule has 0 aliphatic carbocycles. The number of carbonyl (C=O) groups is 2. The fourth-order valence-corrected chi connectivity index (χ4v) is 3.44. The van der Waals surface area contributed by atoms with E-state index in [0.29, 0.717) is 28.5 Å². The van der Waals surface area contributed by atoms with Crippen molar-refractivity contribution in [1.29, 1.82) is 0 Å². The average molecular weight is 394 g/mol. The molecule has 1 aliphatic rings. The quantitative estimate of drug-likeness (QED) is 0.711. The van der Waals surface area contributed by atoms with E-state index in [2.05, 4.69) is 10.3 Å². The largest absolute Gasteiger partial charge is 0.488 e. The number of fused-ring (bicyclic) bond motifs is 3. The summed E-state index contributed by atoms with van der Waals surface area (Å²) in [6, 6.07) is 12.8. The summed E-state index contributed by atoms with van der Waals surface area (Å²) in [6.45, 7) is 0.380. The Morgan fingerprint density at radius 2 is 1.96 bits per heavy atom. The minimum Gasteiger partial charge on any atom is -0.488 e. The topological polar surface area (TPSA) is 94.3 Å². The molecule has 140 valence electrons. The Labute approximate surface area is 166 Å². The van der Waals surface area contributed by atoms with Gasteiger partial charge in [0.25, 0.3) is 5.91 Å². The van der Waals surface area contributed by atoms with E-state index in [1.165, 1.54) is 0 Å². The van der Waals surface area contributed by atoms with Crippen LogP contribution in [0, 0.1) is 0 Å². The Morgan fingerprint density at radius 3 is 2.75 bits per heavy atom. The number of hydrogen-bond donors (Lipinski definition) is 2. The van der Waals surface area contributed by atoms with Crippen LogP contribution in [-0.4, -0.2) is 16.8 Å². The van der Waals surface area contributed by atoms with Crippen molar-refractivity contribution in [2.45, 2.75) is 12.6 Å². The zero-order valence-electron chi connectivity index (χ0n) is 14.7. The summed E-state index contributed by atoms with van der Waals surface area (Å²) >= 11 is 6.15. The lowest BCUT2D eigenvalue weighted by atomic mass is 9.97. The van der Waals surface area contributed by atoms with Gasteiger partial charge >= 0.3 is 0 Å². The first-order valence-electron chi connectivity index (χ1n) is 8.59. The molecule has 1 aliphatic heterocycles. The number of primary amides is 1. The van der Waals surface area contributed by atoms with Crippen molar-refractivity contribution in [3.05, 3.63) is 82.6 Å². The molecule has 0 bridgehead atoms. The van der Waals surface area contributed by atoms with Crippen molar-refractivity contribution in [3.63, 3.8) is 0 Å². The molecule has 28 heavy (non-hydrogen) atoms. The van der Waals surface area contributed by atoms with Gasteiger partial charge in [-0.05, 0) is 35.9 Å². The Morgan fingerprint density at radius 1 is 1.14 bits per heavy atom. The van der Waals surface area contributed by atoms with Crippen molar-refractivity contribution < 1.29 is 14.3 Å². The van der Waals surface area contributed by atoms with Crippen molar-refractivity contribution in [3.8, 4) is 16.9 Å². The van der Waals surface area contributed by atoms with E-state index in [1.807, 2.05) is 12.1 Å². The van der Waals surface area contributed by atoms with Crippen molar-refractivity contribution >= 4 is 23.4 Å². The van der Waals surface area contributed by atoms with Gasteiger partial charge in [-0.2, -0.15) is 0 Å². The molecule has 0 saturated heterocycles.